The zero-order chi connectivity index (χ0) is 11.0. The van der Waals surface area contributed by atoms with Crippen molar-refractivity contribution in [2.45, 2.75) is 24.7 Å². The van der Waals surface area contributed by atoms with Gasteiger partial charge in [0.05, 0.1) is 11.1 Å². The highest BCUT2D eigenvalue weighted by Crippen LogP contribution is 2.42. The Morgan fingerprint density at radius 2 is 2.19 bits per heavy atom. The molecule has 1 aliphatic carbocycles. The Hall–Kier alpha value is -0.870. The van der Waals surface area contributed by atoms with E-state index in [1.807, 2.05) is 12.3 Å². The highest BCUT2D eigenvalue weighted by atomic mass is 32.1. The van der Waals surface area contributed by atoms with Crippen molar-refractivity contribution in [2.24, 2.45) is 4.40 Å². The summed E-state index contributed by atoms with van der Waals surface area (Å²) in [4.78, 5) is 4.59. The summed E-state index contributed by atoms with van der Waals surface area (Å²) >= 11 is 4.14. The molecule has 1 aromatic rings. The smallest absolute Gasteiger partial charge is 0.0558 e. The van der Waals surface area contributed by atoms with Gasteiger partial charge in [-0.2, -0.15) is 0 Å². The van der Waals surface area contributed by atoms with Crippen LogP contribution in [0.4, 0.5) is 0 Å². The van der Waals surface area contributed by atoms with E-state index in [2.05, 4.69) is 33.6 Å². The SMILES string of the molecule is S/N=C1/Cc2cccnc2C12CCNCC2. The van der Waals surface area contributed by atoms with Crippen LogP contribution in [0.1, 0.15) is 24.1 Å². The first-order chi connectivity index (χ1) is 7.87. The van der Waals surface area contributed by atoms with Crippen molar-refractivity contribution in [1.29, 1.82) is 0 Å². The van der Waals surface area contributed by atoms with Crippen molar-refractivity contribution < 1.29 is 0 Å². The summed E-state index contributed by atoms with van der Waals surface area (Å²) in [6.07, 6.45) is 5.00. The molecule has 0 amide bonds. The van der Waals surface area contributed by atoms with Crippen LogP contribution < -0.4 is 5.32 Å². The molecule has 1 saturated heterocycles. The van der Waals surface area contributed by atoms with Crippen LogP contribution in [0.3, 0.4) is 0 Å². The summed E-state index contributed by atoms with van der Waals surface area (Å²) in [5.74, 6) is 0. The molecule has 1 aliphatic heterocycles. The monoisotopic (exact) mass is 233 g/mol. The van der Waals surface area contributed by atoms with Crippen LogP contribution in [0.25, 0.3) is 0 Å². The van der Waals surface area contributed by atoms with E-state index in [4.69, 9.17) is 0 Å². The maximum Gasteiger partial charge on any atom is 0.0558 e. The van der Waals surface area contributed by atoms with Crippen molar-refractivity contribution in [1.82, 2.24) is 10.3 Å². The van der Waals surface area contributed by atoms with Crippen LogP contribution in [0.2, 0.25) is 0 Å². The fraction of sp³-hybridized carbons (Fsp3) is 0.500. The summed E-state index contributed by atoms with van der Waals surface area (Å²) in [7, 11) is 0. The molecule has 2 aliphatic rings. The largest absolute Gasteiger partial charge is 0.317 e. The normalized spacial score (nSPS) is 24.9. The fourth-order valence-corrected chi connectivity index (χ4v) is 3.27. The molecule has 0 unspecified atom stereocenters. The third kappa shape index (κ3) is 1.33. The molecule has 2 heterocycles. The van der Waals surface area contributed by atoms with E-state index in [1.165, 1.54) is 17.0 Å². The van der Waals surface area contributed by atoms with Gasteiger partial charge in [0.25, 0.3) is 0 Å². The zero-order valence-corrected chi connectivity index (χ0v) is 10.0. The van der Waals surface area contributed by atoms with Gasteiger partial charge in [-0.1, -0.05) is 6.07 Å². The van der Waals surface area contributed by atoms with E-state index in [-0.39, 0.29) is 5.41 Å². The van der Waals surface area contributed by atoms with Gasteiger partial charge in [0.1, 0.15) is 0 Å². The summed E-state index contributed by atoms with van der Waals surface area (Å²) in [6.45, 7) is 2.09. The van der Waals surface area contributed by atoms with Gasteiger partial charge in [0.2, 0.25) is 0 Å². The molecular weight excluding hydrogens is 218 g/mol. The molecule has 1 N–H and O–H groups in total. The number of aromatic nitrogens is 1. The molecule has 1 aromatic heterocycles. The van der Waals surface area contributed by atoms with Crippen LogP contribution in [0, 0.1) is 0 Å². The third-order valence-electron chi connectivity index (χ3n) is 3.83. The van der Waals surface area contributed by atoms with Crippen molar-refractivity contribution in [2.75, 3.05) is 13.1 Å². The minimum absolute atomic E-state index is 0.0730. The molecule has 1 fully saturated rings. The third-order valence-corrected chi connectivity index (χ3v) is 4.07. The first-order valence-electron chi connectivity index (χ1n) is 5.73. The lowest BCUT2D eigenvalue weighted by Gasteiger charge is -2.34. The van der Waals surface area contributed by atoms with Crippen LogP contribution in [-0.4, -0.2) is 23.8 Å². The summed E-state index contributed by atoms with van der Waals surface area (Å²) in [5.41, 5.74) is 3.84. The van der Waals surface area contributed by atoms with Gasteiger partial charge in [0.15, 0.2) is 0 Å². The molecule has 84 valence electrons. The van der Waals surface area contributed by atoms with Gasteiger partial charge < -0.3 is 5.32 Å². The average Bonchev–Trinajstić information content (AvgIpc) is 2.65. The Morgan fingerprint density at radius 3 is 2.94 bits per heavy atom. The quantitative estimate of drug-likeness (QED) is 0.667. The molecule has 16 heavy (non-hydrogen) atoms. The number of fused-ring (bicyclic) bond motifs is 2. The highest BCUT2D eigenvalue weighted by molar-refractivity contribution is 7.79. The van der Waals surface area contributed by atoms with Crippen LogP contribution in [0.15, 0.2) is 22.7 Å². The van der Waals surface area contributed by atoms with Gasteiger partial charge in [-0.15, -0.1) is 0 Å². The van der Waals surface area contributed by atoms with Crippen LogP contribution in [-0.2, 0) is 11.8 Å². The summed E-state index contributed by atoms with van der Waals surface area (Å²) in [6, 6.07) is 4.17. The van der Waals surface area contributed by atoms with Crippen molar-refractivity contribution >= 4 is 18.5 Å². The van der Waals surface area contributed by atoms with E-state index >= 15 is 0 Å². The van der Waals surface area contributed by atoms with E-state index in [9.17, 15) is 0 Å². The summed E-state index contributed by atoms with van der Waals surface area (Å²) < 4.78 is 4.22. The topological polar surface area (TPSA) is 37.3 Å². The number of hydrogen-bond acceptors (Lipinski definition) is 4. The lowest BCUT2D eigenvalue weighted by atomic mass is 9.75. The molecular formula is C12H15N3S. The number of nitrogens with zero attached hydrogens (tertiary/aromatic N) is 2. The van der Waals surface area contributed by atoms with Crippen molar-refractivity contribution in [3.8, 4) is 0 Å². The number of thiol groups is 1. The standard InChI is InChI=1S/C12H15N3S/c16-15-10-8-9-2-1-5-14-11(9)12(10)3-6-13-7-4-12/h1-2,5,13,16H,3-4,6-8H2/b15-10-. The molecule has 0 bridgehead atoms. The number of piperidine rings is 1. The first-order valence-corrected chi connectivity index (χ1v) is 6.13. The maximum atomic E-state index is 4.59. The van der Waals surface area contributed by atoms with E-state index in [1.54, 1.807) is 0 Å². The number of pyridine rings is 1. The van der Waals surface area contributed by atoms with Gasteiger partial charge in [0, 0.05) is 18.3 Å². The second-order valence-electron chi connectivity index (χ2n) is 4.57. The number of hydrogen-bond donors (Lipinski definition) is 2. The van der Waals surface area contributed by atoms with Crippen LogP contribution >= 0.6 is 12.8 Å². The molecule has 3 rings (SSSR count). The molecule has 0 saturated carbocycles. The highest BCUT2D eigenvalue weighted by Gasteiger charge is 2.45. The predicted octanol–water partition coefficient (Wildman–Crippen LogP) is 1.54. The zero-order valence-electron chi connectivity index (χ0n) is 9.11. The lowest BCUT2D eigenvalue weighted by molar-refractivity contribution is 0.394. The maximum absolute atomic E-state index is 4.59. The lowest BCUT2D eigenvalue weighted by Crippen LogP contribution is -2.43. The Kier molecular flexibility index (Phi) is 2.48. The molecule has 3 nitrogen and oxygen atoms in total. The average molecular weight is 233 g/mol. The van der Waals surface area contributed by atoms with Crippen molar-refractivity contribution in [3.05, 3.63) is 29.6 Å². The Labute approximate surface area is 101 Å². The Morgan fingerprint density at radius 1 is 1.38 bits per heavy atom. The fourth-order valence-electron chi connectivity index (χ4n) is 3.01. The van der Waals surface area contributed by atoms with Gasteiger partial charge in [-0.05, 0) is 50.4 Å². The van der Waals surface area contributed by atoms with E-state index in [0.29, 0.717) is 0 Å². The molecule has 0 atom stereocenters. The van der Waals surface area contributed by atoms with Gasteiger partial charge in [-0.3, -0.25) is 4.98 Å². The minimum atomic E-state index is 0.0730. The molecule has 4 heteroatoms. The Bertz CT molecular complexity index is 436. The molecule has 0 radical (unpaired) electrons. The van der Waals surface area contributed by atoms with E-state index < -0.39 is 0 Å². The second-order valence-corrected chi connectivity index (χ2v) is 4.77. The molecule has 0 aromatic carbocycles. The predicted molar refractivity (Wildman–Crippen MR) is 68.1 cm³/mol. The van der Waals surface area contributed by atoms with Crippen molar-refractivity contribution in [3.63, 3.8) is 0 Å². The number of nitrogens with one attached hydrogen (secondary N) is 1. The second kappa shape index (κ2) is 3.86. The number of rotatable bonds is 0. The first kappa shape index (κ1) is 10.3. The van der Waals surface area contributed by atoms with Gasteiger partial charge >= 0.3 is 0 Å². The minimum Gasteiger partial charge on any atom is -0.317 e. The molecule has 1 spiro atoms. The van der Waals surface area contributed by atoms with Gasteiger partial charge in [-0.25, -0.2) is 4.40 Å². The Balaban J connectivity index is 2.13. The summed E-state index contributed by atoms with van der Waals surface area (Å²) in [5, 5.41) is 3.40. The van der Waals surface area contributed by atoms with Crippen LogP contribution in [0.5, 0.6) is 0 Å². The van der Waals surface area contributed by atoms with E-state index in [0.717, 1.165) is 32.4 Å².